The maximum absolute atomic E-state index is 12.2. The Morgan fingerprint density at radius 2 is 1.78 bits per heavy atom. The van der Waals surface area contributed by atoms with Gasteiger partial charge in [0, 0.05) is 5.56 Å². The van der Waals surface area contributed by atoms with Crippen LogP contribution in [0.15, 0.2) is 53.2 Å². The summed E-state index contributed by atoms with van der Waals surface area (Å²) >= 11 is 0. The van der Waals surface area contributed by atoms with Crippen LogP contribution >= 0.6 is 0 Å². The number of carbonyl (C=O) groups is 1. The summed E-state index contributed by atoms with van der Waals surface area (Å²) in [4.78, 5) is 16.5. The molecule has 1 aliphatic rings. The van der Waals surface area contributed by atoms with Crippen molar-refractivity contribution in [3.8, 4) is 17.6 Å². The minimum absolute atomic E-state index is 0.196. The average Bonchev–Trinajstić information content (AvgIpc) is 3.04. The molecular weight excluding hydrogens is 344 g/mol. The molecule has 0 N–H and O–H groups in total. The molecule has 0 unspecified atom stereocenters. The van der Waals surface area contributed by atoms with Crippen LogP contribution in [0.4, 0.5) is 0 Å². The van der Waals surface area contributed by atoms with Crippen LogP contribution < -0.4 is 9.47 Å². The van der Waals surface area contributed by atoms with E-state index in [9.17, 15) is 4.79 Å². The summed E-state index contributed by atoms with van der Waals surface area (Å²) < 4.78 is 16.4. The largest absolute Gasteiger partial charge is 0.490 e. The first-order valence-corrected chi connectivity index (χ1v) is 8.57. The quantitative estimate of drug-likeness (QED) is 0.578. The molecule has 0 saturated heterocycles. The number of esters is 1. The van der Waals surface area contributed by atoms with E-state index in [1.54, 1.807) is 48.5 Å². The van der Waals surface area contributed by atoms with Gasteiger partial charge in [-0.3, -0.25) is 0 Å². The van der Waals surface area contributed by atoms with Crippen LogP contribution in [0, 0.1) is 11.3 Å². The number of rotatable bonds is 6. The molecule has 6 heteroatoms. The molecule has 0 bridgehead atoms. The summed E-state index contributed by atoms with van der Waals surface area (Å²) in [6.45, 7) is 4.78. The van der Waals surface area contributed by atoms with Gasteiger partial charge in [0.05, 0.1) is 24.8 Å². The van der Waals surface area contributed by atoms with E-state index >= 15 is 0 Å². The molecule has 1 aliphatic heterocycles. The highest BCUT2D eigenvalue weighted by Gasteiger charge is 2.25. The molecule has 0 radical (unpaired) electrons. The lowest BCUT2D eigenvalue weighted by Crippen LogP contribution is -2.06. The third kappa shape index (κ3) is 4.15. The van der Waals surface area contributed by atoms with E-state index in [0.29, 0.717) is 35.8 Å². The van der Waals surface area contributed by atoms with E-state index in [4.69, 9.17) is 19.5 Å². The van der Waals surface area contributed by atoms with Gasteiger partial charge in [-0.15, -0.1) is 0 Å². The SMILES string of the molecule is CCOc1ccc(C2=NC(=Cc3ccc(C#N)cc3)C(=O)O2)cc1OCC. The lowest BCUT2D eigenvalue weighted by Gasteiger charge is -2.11. The highest BCUT2D eigenvalue weighted by molar-refractivity contribution is 6.13. The molecule has 0 saturated carbocycles. The highest BCUT2D eigenvalue weighted by atomic mass is 16.6. The van der Waals surface area contributed by atoms with Crippen LogP contribution in [-0.2, 0) is 9.53 Å². The first kappa shape index (κ1) is 18.2. The second-order valence-corrected chi connectivity index (χ2v) is 5.60. The molecule has 0 fully saturated rings. The van der Waals surface area contributed by atoms with Gasteiger partial charge in [-0.1, -0.05) is 12.1 Å². The summed E-state index contributed by atoms with van der Waals surface area (Å²) in [5.74, 6) is 0.881. The molecule has 0 atom stereocenters. The van der Waals surface area contributed by atoms with E-state index in [-0.39, 0.29) is 11.6 Å². The molecule has 3 rings (SSSR count). The van der Waals surface area contributed by atoms with Crippen molar-refractivity contribution in [3.63, 3.8) is 0 Å². The number of hydrogen-bond acceptors (Lipinski definition) is 6. The van der Waals surface area contributed by atoms with Crippen LogP contribution in [0.25, 0.3) is 6.08 Å². The van der Waals surface area contributed by atoms with Gasteiger partial charge in [0.25, 0.3) is 0 Å². The van der Waals surface area contributed by atoms with E-state index in [0.717, 1.165) is 5.56 Å². The fraction of sp³-hybridized carbons (Fsp3) is 0.190. The van der Waals surface area contributed by atoms with Crippen molar-refractivity contribution in [3.05, 3.63) is 64.9 Å². The lowest BCUT2D eigenvalue weighted by atomic mass is 10.1. The third-order valence-corrected chi connectivity index (χ3v) is 3.75. The minimum atomic E-state index is -0.527. The van der Waals surface area contributed by atoms with Crippen molar-refractivity contribution in [2.24, 2.45) is 4.99 Å². The number of nitriles is 1. The fourth-order valence-electron chi connectivity index (χ4n) is 2.53. The molecule has 0 spiro atoms. The number of aliphatic imine (C=N–C) groups is 1. The van der Waals surface area contributed by atoms with E-state index in [1.165, 1.54) is 0 Å². The number of carbonyl (C=O) groups excluding carboxylic acids is 1. The van der Waals surface area contributed by atoms with Gasteiger partial charge in [0.1, 0.15) is 0 Å². The topological polar surface area (TPSA) is 80.9 Å². The maximum Gasteiger partial charge on any atom is 0.363 e. The van der Waals surface area contributed by atoms with Crippen molar-refractivity contribution in [2.45, 2.75) is 13.8 Å². The molecule has 136 valence electrons. The molecule has 0 amide bonds. The maximum atomic E-state index is 12.2. The number of benzene rings is 2. The smallest absolute Gasteiger partial charge is 0.363 e. The van der Waals surface area contributed by atoms with E-state index < -0.39 is 5.97 Å². The van der Waals surface area contributed by atoms with E-state index in [1.807, 2.05) is 13.8 Å². The Balaban J connectivity index is 1.90. The van der Waals surface area contributed by atoms with Gasteiger partial charge in [-0.25, -0.2) is 9.79 Å². The van der Waals surface area contributed by atoms with Gasteiger partial charge >= 0.3 is 5.97 Å². The molecule has 0 aromatic heterocycles. The van der Waals surface area contributed by atoms with Crippen molar-refractivity contribution in [1.82, 2.24) is 0 Å². The van der Waals surface area contributed by atoms with Gasteiger partial charge in [0.2, 0.25) is 5.90 Å². The Kier molecular flexibility index (Phi) is 5.53. The number of nitrogens with zero attached hydrogens (tertiary/aromatic N) is 2. The monoisotopic (exact) mass is 362 g/mol. The summed E-state index contributed by atoms with van der Waals surface area (Å²) in [6.07, 6.45) is 1.62. The van der Waals surface area contributed by atoms with Crippen molar-refractivity contribution in [2.75, 3.05) is 13.2 Å². The normalized spacial score (nSPS) is 14.5. The highest BCUT2D eigenvalue weighted by Crippen LogP contribution is 2.30. The van der Waals surface area contributed by atoms with Crippen LogP contribution in [-0.4, -0.2) is 25.1 Å². The third-order valence-electron chi connectivity index (χ3n) is 3.75. The second kappa shape index (κ2) is 8.19. The second-order valence-electron chi connectivity index (χ2n) is 5.60. The summed E-state index contributed by atoms with van der Waals surface area (Å²) in [6, 6.07) is 14.2. The van der Waals surface area contributed by atoms with Gasteiger partial charge in [-0.2, -0.15) is 5.26 Å². The Hall–Kier alpha value is -3.59. The zero-order valence-electron chi connectivity index (χ0n) is 15.1. The zero-order chi connectivity index (χ0) is 19.2. The summed E-state index contributed by atoms with van der Waals surface area (Å²) in [5, 5.41) is 8.85. The molecular formula is C21H18N2O4. The van der Waals surface area contributed by atoms with Crippen molar-refractivity contribution < 1.29 is 19.0 Å². The zero-order valence-corrected chi connectivity index (χ0v) is 15.1. The summed E-state index contributed by atoms with van der Waals surface area (Å²) in [5.41, 5.74) is 2.13. The van der Waals surface area contributed by atoms with Crippen LogP contribution in [0.1, 0.15) is 30.5 Å². The lowest BCUT2D eigenvalue weighted by molar-refractivity contribution is -0.129. The minimum Gasteiger partial charge on any atom is -0.490 e. The van der Waals surface area contributed by atoms with Gasteiger partial charge in [0.15, 0.2) is 17.2 Å². The molecule has 2 aromatic carbocycles. The molecule has 0 aliphatic carbocycles. The van der Waals surface area contributed by atoms with Crippen LogP contribution in [0.2, 0.25) is 0 Å². The van der Waals surface area contributed by atoms with Crippen LogP contribution in [0.3, 0.4) is 0 Å². The summed E-state index contributed by atoms with van der Waals surface area (Å²) in [7, 11) is 0. The van der Waals surface area contributed by atoms with Crippen molar-refractivity contribution >= 4 is 17.9 Å². The van der Waals surface area contributed by atoms with Crippen molar-refractivity contribution in [1.29, 1.82) is 5.26 Å². The fourth-order valence-corrected chi connectivity index (χ4v) is 2.53. The molecule has 6 nitrogen and oxygen atoms in total. The number of ether oxygens (including phenoxy) is 3. The number of hydrogen-bond donors (Lipinski definition) is 0. The van der Waals surface area contributed by atoms with Gasteiger partial charge in [-0.05, 0) is 55.8 Å². The predicted molar refractivity (Wildman–Crippen MR) is 101 cm³/mol. The van der Waals surface area contributed by atoms with Gasteiger partial charge < -0.3 is 14.2 Å². The molecule has 2 aromatic rings. The van der Waals surface area contributed by atoms with Crippen LogP contribution in [0.5, 0.6) is 11.5 Å². The molecule has 1 heterocycles. The Bertz CT molecular complexity index is 953. The first-order valence-electron chi connectivity index (χ1n) is 8.57. The first-order chi connectivity index (χ1) is 13.1. The molecule has 27 heavy (non-hydrogen) atoms. The standard InChI is InChI=1S/C21H18N2O4/c1-3-25-18-10-9-16(12-19(18)26-4-2)20-23-17(21(24)27-20)11-14-5-7-15(13-22)8-6-14/h5-12H,3-4H2,1-2H3. The average molecular weight is 362 g/mol. The predicted octanol–water partition coefficient (Wildman–Crippen LogP) is 3.70. The Morgan fingerprint density at radius 3 is 2.44 bits per heavy atom. The number of cyclic esters (lactones) is 1. The Morgan fingerprint density at radius 1 is 1.07 bits per heavy atom. The Labute approximate surface area is 157 Å². The van der Waals surface area contributed by atoms with E-state index in [2.05, 4.69) is 11.1 Å².